The number of hydrogen-bond donors (Lipinski definition) is 0. The molecule has 0 amide bonds. The first-order valence-electron chi connectivity index (χ1n) is 5.01. The third-order valence-corrected chi connectivity index (χ3v) is 2.51. The van der Waals surface area contributed by atoms with Crippen LogP contribution in [0.1, 0.15) is 19.8 Å². The van der Waals surface area contributed by atoms with Crippen molar-refractivity contribution in [3.63, 3.8) is 0 Å². The zero-order valence-electron chi connectivity index (χ0n) is 8.03. The molecule has 68 valence electrons. The molecule has 1 unspecified atom stereocenters. The maximum atomic E-state index is 4.56. The third kappa shape index (κ3) is 1.80. The number of hydrogen-bond acceptors (Lipinski definition) is 1. The zero-order valence-corrected chi connectivity index (χ0v) is 8.03. The summed E-state index contributed by atoms with van der Waals surface area (Å²) in [5, 5.41) is 2.47. The minimum atomic E-state index is 0.667. The summed E-state index contributed by atoms with van der Waals surface area (Å²) in [4.78, 5) is 4.56. The van der Waals surface area contributed by atoms with Crippen LogP contribution in [-0.4, -0.2) is 6.54 Å². The first-order chi connectivity index (χ1) is 6.40. The summed E-state index contributed by atoms with van der Waals surface area (Å²) >= 11 is 0. The fraction of sp³-hybridized carbons (Fsp3) is 0.417. The van der Waals surface area contributed by atoms with Crippen molar-refractivity contribution >= 4 is 6.08 Å². The van der Waals surface area contributed by atoms with Crippen molar-refractivity contribution in [3.8, 4) is 0 Å². The van der Waals surface area contributed by atoms with E-state index in [0.717, 1.165) is 11.9 Å². The Labute approximate surface area is 78.8 Å². The Morgan fingerprint density at radius 3 is 3.08 bits per heavy atom. The summed E-state index contributed by atoms with van der Waals surface area (Å²) < 4.78 is 0. The molecule has 0 saturated heterocycles. The first-order valence-corrected chi connectivity index (χ1v) is 5.01. The topological polar surface area (TPSA) is 12.4 Å². The van der Waals surface area contributed by atoms with E-state index in [1.165, 1.54) is 18.1 Å². The molecule has 0 aliphatic carbocycles. The van der Waals surface area contributed by atoms with Gasteiger partial charge in [0, 0.05) is 6.54 Å². The third-order valence-electron chi connectivity index (χ3n) is 2.51. The second-order valence-electron chi connectivity index (χ2n) is 3.61. The number of benzene rings is 1. The molecule has 0 saturated carbocycles. The maximum Gasteiger partial charge on any atom is 0.0643 e. The molecule has 1 aromatic rings. The average molecular weight is 173 g/mol. The van der Waals surface area contributed by atoms with E-state index in [-0.39, 0.29) is 0 Å². The molecular formula is C12H15N. The number of para-hydroxylation sites is 1. The van der Waals surface area contributed by atoms with Gasteiger partial charge in [0.05, 0.1) is 5.36 Å². The predicted molar refractivity (Wildman–Crippen MR) is 55.0 cm³/mol. The zero-order chi connectivity index (χ0) is 9.10. The van der Waals surface area contributed by atoms with E-state index in [4.69, 9.17) is 0 Å². The van der Waals surface area contributed by atoms with E-state index >= 15 is 0 Å². The van der Waals surface area contributed by atoms with Crippen molar-refractivity contribution < 1.29 is 0 Å². The molecule has 2 rings (SSSR count). The lowest BCUT2D eigenvalue weighted by Crippen LogP contribution is -2.30. The molecule has 1 aliphatic rings. The molecule has 0 radical (unpaired) electrons. The van der Waals surface area contributed by atoms with Crippen LogP contribution in [0, 0.1) is 5.92 Å². The van der Waals surface area contributed by atoms with Crippen molar-refractivity contribution in [3.05, 3.63) is 34.8 Å². The van der Waals surface area contributed by atoms with Gasteiger partial charge < -0.3 is 0 Å². The molecule has 0 aromatic heterocycles. The minimum Gasteiger partial charge on any atom is -0.284 e. The summed E-state index contributed by atoms with van der Waals surface area (Å²) in [6.07, 6.45) is 4.88. The Balaban J connectivity index is 2.38. The monoisotopic (exact) mass is 173 g/mol. The van der Waals surface area contributed by atoms with Gasteiger partial charge in [0.15, 0.2) is 0 Å². The van der Waals surface area contributed by atoms with Crippen LogP contribution in [0.4, 0.5) is 0 Å². The van der Waals surface area contributed by atoms with Gasteiger partial charge in [-0.25, -0.2) is 0 Å². The van der Waals surface area contributed by atoms with Gasteiger partial charge in [-0.1, -0.05) is 37.6 Å². The van der Waals surface area contributed by atoms with Crippen molar-refractivity contribution in [2.75, 3.05) is 6.54 Å². The quantitative estimate of drug-likeness (QED) is 0.643. The van der Waals surface area contributed by atoms with E-state index < -0.39 is 0 Å². The van der Waals surface area contributed by atoms with E-state index in [9.17, 15) is 0 Å². The Morgan fingerprint density at radius 2 is 2.23 bits per heavy atom. The van der Waals surface area contributed by atoms with Crippen molar-refractivity contribution in [2.45, 2.75) is 19.8 Å². The summed E-state index contributed by atoms with van der Waals surface area (Å²) in [6, 6.07) is 8.38. The van der Waals surface area contributed by atoms with Crippen LogP contribution >= 0.6 is 0 Å². The van der Waals surface area contributed by atoms with Gasteiger partial charge in [-0.15, -0.1) is 0 Å². The molecule has 1 atom stereocenters. The van der Waals surface area contributed by atoms with Gasteiger partial charge in [-0.2, -0.15) is 0 Å². The molecule has 1 aromatic carbocycles. The van der Waals surface area contributed by atoms with E-state index in [0.29, 0.717) is 5.92 Å². The predicted octanol–water partition coefficient (Wildman–Crippen LogP) is 1.52. The van der Waals surface area contributed by atoms with Crippen LogP contribution in [0.5, 0.6) is 0 Å². The van der Waals surface area contributed by atoms with Crippen molar-refractivity contribution in [1.29, 1.82) is 0 Å². The number of fused-ring (bicyclic) bond motifs is 1. The van der Waals surface area contributed by atoms with E-state index in [1.54, 1.807) is 0 Å². The Kier molecular flexibility index (Phi) is 2.44. The smallest absolute Gasteiger partial charge is 0.0643 e. The Hall–Kier alpha value is -1.11. The Bertz CT molecular complexity index is 392. The molecule has 1 heterocycles. The normalized spacial score (nSPS) is 19.9. The second-order valence-corrected chi connectivity index (χ2v) is 3.61. The highest BCUT2D eigenvalue weighted by Crippen LogP contribution is 2.09. The molecular weight excluding hydrogens is 158 g/mol. The van der Waals surface area contributed by atoms with Gasteiger partial charge in [-0.05, 0) is 23.6 Å². The lowest BCUT2D eigenvalue weighted by atomic mass is 10.0. The molecule has 0 N–H and O–H groups in total. The maximum absolute atomic E-state index is 4.56. The molecule has 13 heavy (non-hydrogen) atoms. The molecule has 0 bridgehead atoms. The summed E-state index contributed by atoms with van der Waals surface area (Å²) in [5.74, 6) is 0.667. The van der Waals surface area contributed by atoms with Crippen LogP contribution in [0.2, 0.25) is 0 Å². The molecule has 0 fully saturated rings. The van der Waals surface area contributed by atoms with Crippen molar-refractivity contribution in [1.82, 2.24) is 0 Å². The Morgan fingerprint density at radius 1 is 1.38 bits per heavy atom. The van der Waals surface area contributed by atoms with Gasteiger partial charge >= 0.3 is 0 Å². The van der Waals surface area contributed by atoms with Gasteiger partial charge in [0.25, 0.3) is 0 Å². The first kappa shape index (κ1) is 8.49. The van der Waals surface area contributed by atoms with Crippen LogP contribution in [0.25, 0.3) is 6.08 Å². The summed E-state index contributed by atoms with van der Waals surface area (Å²) in [5.41, 5.74) is 0. The van der Waals surface area contributed by atoms with E-state index in [2.05, 4.69) is 42.3 Å². The summed E-state index contributed by atoms with van der Waals surface area (Å²) in [7, 11) is 0. The van der Waals surface area contributed by atoms with Crippen LogP contribution in [-0.2, 0) is 0 Å². The second kappa shape index (κ2) is 3.73. The van der Waals surface area contributed by atoms with E-state index in [1.807, 2.05) is 0 Å². The van der Waals surface area contributed by atoms with Crippen LogP contribution in [0.3, 0.4) is 0 Å². The molecule has 1 heteroatoms. The van der Waals surface area contributed by atoms with Gasteiger partial charge in [-0.3, -0.25) is 4.99 Å². The van der Waals surface area contributed by atoms with Crippen molar-refractivity contribution in [2.24, 2.45) is 10.9 Å². The number of rotatable bonds is 2. The largest absolute Gasteiger partial charge is 0.284 e. The average Bonchev–Trinajstić information content (AvgIpc) is 2.18. The highest BCUT2D eigenvalue weighted by molar-refractivity contribution is 5.28. The van der Waals surface area contributed by atoms with Gasteiger partial charge in [0.2, 0.25) is 0 Å². The standard InChI is InChI=1S/C12H15N/c1-2-5-10-8-11-6-3-4-7-12(11)13-9-10/h3-4,6-8,10H,2,5,9H2,1H3. The minimum absolute atomic E-state index is 0.667. The van der Waals surface area contributed by atoms with Gasteiger partial charge in [0.1, 0.15) is 0 Å². The number of nitrogens with zero attached hydrogens (tertiary/aromatic N) is 1. The van der Waals surface area contributed by atoms with Crippen LogP contribution in [0.15, 0.2) is 29.3 Å². The highest BCUT2D eigenvalue weighted by Gasteiger charge is 2.05. The lowest BCUT2D eigenvalue weighted by Gasteiger charge is -2.11. The summed E-state index contributed by atoms with van der Waals surface area (Å²) in [6.45, 7) is 3.21. The van der Waals surface area contributed by atoms with Crippen LogP contribution < -0.4 is 10.6 Å². The lowest BCUT2D eigenvalue weighted by molar-refractivity contribution is 0.605. The fourth-order valence-corrected chi connectivity index (χ4v) is 1.84. The molecule has 0 spiro atoms. The fourth-order valence-electron chi connectivity index (χ4n) is 1.84. The molecule has 1 aliphatic heterocycles. The highest BCUT2D eigenvalue weighted by atomic mass is 14.7. The SMILES string of the molecule is CCCC1C=c2ccccc2=NC1. The molecule has 1 nitrogen and oxygen atoms in total.